The highest BCUT2D eigenvalue weighted by molar-refractivity contribution is 7.91. The molecule has 37 heavy (non-hydrogen) atoms. The number of hydrogen-bond donors (Lipinski definition) is 0. The number of amides is 1. The van der Waals surface area contributed by atoms with E-state index in [0.29, 0.717) is 31.9 Å². The fourth-order valence-electron chi connectivity index (χ4n) is 4.80. The normalized spacial score (nSPS) is 17.6. The van der Waals surface area contributed by atoms with E-state index < -0.39 is 25.5 Å². The van der Waals surface area contributed by atoms with Gasteiger partial charge in [0.05, 0.1) is 32.9 Å². The Labute approximate surface area is 218 Å². The summed E-state index contributed by atoms with van der Waals surface area (Å²) < 4.78 is 69.4. The number of anilines is 1. The van der Waals surface area contributed by atoms with Crippen molar-refractivity contribution in [3.63, 3.8) is 0 Å². The van der Waals surface area contributed by atoms with Gasteiger partial charge in [-0.15, -0.1) is 0 Å². The summed E-state index contributed by atoms with van der Waals surface area (Å²) in [6.07, 6.45) is 6.14. The minimum atomic E-state index is -3.52. The third-order valence-corrected chi connectivity index (χ3v) is 9.86. The van der Waals surface area contributed by atoms with Crippen molar-refractivity contribution in [3.05, 3.63) is 47.8 Å². The van der Waals surface area contributed by atoms with Crippen molar-refractivity contribution in [1.82, 2.24) is 4.90 Å². The lowest BCUT2D eigenvalue weighted by molar-refractivity contribution is 0.0735. The van der Waals surface area contributed by atoms with Crippen LogP contribution >= 0.6 is 0 Å². The number of benzene rings is 2. The third kappa shape index (κ3) is 6.26. The maximum atomic E-state index is 14.8. The Morgan fingerprint density at radius 2 is 1.59 bits per heavy atom. The second-order valence-corrected chi connectivity index (χ2v) is 13.9. The van der Waals surface area contributed by atoms with Crippen LogP contribution in [0.3, 0.4) is 0 Å². The first-order valence-electron chi connectivity index (χ1n) is 12.6. The molecule has 4 rings (SSSR count). The van der Waals surface area contributed by atoms with E-state index in [2.05, 4.69) is 0 Å². The van der Waals surface area contributed by atoms with Crippen LogP contribution in [0, 0.1) is 5.82 Å². The van der Waals surface area contributed by atoms with Crippen LogP contribution in [-0.2, 0) is 19.7 Å². The lowest BCUT2D eigenvalue weighted by Gasteiger charge is -2.36. The van der Waals surface area contributed by atoms with Gasteiger partial charge in [0.1, 0.15) is 11.6 Å². The average molecular weight is 553 g/mol. The Hall–Kier alpha value is -2.66. The van der Waals surface area contributed by atoms with Gasteiger partial charge < -0.3 is 14.5 Å². The van der Waals surface area contributed by atoms with Crippen molar-refractivity contribution in [3.8, 4) is 5.75 Å². The van der Waals surface area contributed by atoms with E-state index >= 15 is 0 Å². The van der Waals surface area contributed by atoms with Crippen LogP contribution in [0.2, 0.25) is 0 Å². The van der Waals surface area contributed by atoms with Gasteiger partial charge in [0.15, 0.2) is 19.7 Å². The van der Waals surface area contributed by atoms with Gasteiger partial charge in [-0.2, -0.15) is 0 Å². The van der Waals surface area contributed by atoms with Crippen LogP contribution < -0.4 is 9.64 Å². The SMILES string of the molecule is CCS(=O)(=O)c1ccc(N2CCN(C(=O)c3cc(S(C)(=O)=O)ccc3OC3CCCCC3)CC2)c(F)c1. The Kier molecular flexibility index (Phi) is 8.13. The van der Waals surface area contributed by atoms with Crippen molar-refractivity contribution in [1.29, 1.82) is 0 Å². The topological polar surface area (TPSA) is 101 Å². The first-order valence-corrected chi connectivity index (χ1v) is 16.1. The molecule has 0 atom stereocenters. The Morgan fingerprint density at radius 3 is 2.19 bits per heavy atom. The molecule has 0 N–H and O–H groups in total. The van der Waals surface area contributed by atoms with Crippen molar-refractivity contribution < 1.29 is 30.8 Å². The average Bonchev–Trinajstić information content (AvgIpc) is 2.88. The summed E-state index contributed by atoms with van der Waals surface area (Å²) in [5.74, 6) is -0.691. The van der Waals surface area contributed by atoms with Crippen molar-refractivity contribution in [2.75, 3.05) is 43.1 Å². The number of carbonyl (C=O) groups excluding carboxylic acids is 1. The van der Waals surface area contributed by atoms with Gasteiger partial charge in [0.2, 0.25) is 0 Å². The van der Waals surface area contributed by atoms with Crippen LogP contribution in [0.1, 0.15) is 49.4 Å². The van der Waals surface area contributed by atoms with Crippen molar-refractivity contribution >= 4 is 31.3 Å². The zero-order valence-electron chi connectivity index (χ0n) is 21.2. The van der Waals surface area contributed by atoms with Gasteiger partial charge in [-0.25, -0.2) is 21.2 Å². The first kappa shape index (κ1) is 27.4. The molecule has 2 fully saturated rings. The summed E-state index contributed by atoms with van der Waals surface area (Å²) >= 11 is 0. The first-order chi connectivity index (χ1) is 17.5. The molecule has 0 spiro atoms. The van der Waals surface area contributed by atoms with E-state index in [1.165, 1.54) is 31.2 Å². The highest BCUT2D eigenvalue weighted by Gasteiger charge is 2.28. The van der Waals surface area contributed by atoms with Gasteiger partial charge in [-0.1, -0.05) is 13.3 Å². The van der Waals surface area contributed by atoms with Gasteiger partial charge in [0, 0.05) is 32.4 Å². The molecule has 1 heterocycles. The van der Waals surface area contributed by atoms with E-state index in [-0.39, 0.29) is 38.8 Å². The predicted molar refractivity (Wildman–Crippen MR) is 139 cm³/mol. The third-order valence-electron chi connectivity index (χ3n) is 7.02. The van der Waals surface area contributed by atoms with E-state index in [1.54, 1.807) is 15.9 Å². The molecule has 0 bridgehead atoms. The minimum absolute atomic E-state index is 0.0105. The van der Waals surface area contributed by atoms with Crippen LogP contribution in [-0.4, -0.2) is 71.9 Å². The number of carbonyl (C=O) groups is 1. The molecule has 2 aromatic carbocycles. The minimum Gasteiger partial charge on any atom is -0.490 e. The molecule has 1 amide bonds. The lowest BCUT2D eigenvalue weighted by atomic mass is 9.97. The Bertz CT molecular complexity index is 1360. The van der Waals surface area contributed by atoms with Gasteiger partial charge >= 0.3 is 0 Å². The Morgan fingerprint density at radius 1 is 0.946 bits per heavy atom. The largest absolute Gasteiger partial charge is 0.490 e. The zero-order valence-corrected chi connectivity index (χ0v) is 22.8. The molecule has 1 saturated carbocycles. The second kappa shape index (κ2) is 11.0. The molecular formula is C26H33FN2O6S2. The molecule has 1 aliphatic carbocycles. The summed E-state index contributed by atoms with van der Waals surface area (Å²) in [5, 5.41) is 0. The summed E-state index contributed by atoms with van der Waals surface area (Å²) in [5.41, 5.74) is 0.491. The smallest absolute Gasteiger partial charge is 0.257 e. The summed E-state index contributed by atoms with van der Waals surface area (Å²) in [7, 11) is -7.04. The maximum absolute atomic E-state index is 14.8. The predicted octanol–water partition coefficient (Wildman–Crippen LogP) is 3.70. The van der Waals surface area contributed by atoms with Crippen LogP contribution in [0.15, 0.2) is 46.2 Å². The quantitative estimate of drug-likeness (QED) is 0.516. The van der Waals surface area contributed by atoms with Crippen LogP contribution in [0.4, 0.5) is 10.1 Å². The number of rotatable bonds is 7. The molecule has 1 saturated heterocycles. The molecule has 0 radical (unpaired) electrons. The molecule has 202 valence electrons. The number of piperazine rings is 1. The Balaban J connectivity index is 1.52. The highest BCUT2D eigenvalue weighted by atomic mass is 32.2. The maximum Gasteiger partial charge on any atom is 0.257 e. The van der Waals surface area contributed by atoms with E-state index in [9.17, 15) is 26.0 Å². The fraction of sp³-hybridized carbons (Fsp3) is 0.500. The molecule has 11 heteroatoms. The summed E-state index contributed by atoms with van der Waals surface area (Å²) in [6.45, 7) is 2.77. The van der Waals surface area contributed by atoms with Gasteiger partial charge in [-0.3, -0.25) is 4.79 Å². The molecule has 1 aliphatic heterocycles. The summed E-state index contributed by atoms with van der Waals surface area (Å²) in [4.78, 5) is 16.9. The number of hydrogen-bond acceptors (Lipinski definition) is 7. The molecule has 0 aromatic heterocycles. The molecule has 8 nitrogen and oxygen atoms in total. The number of ether oxygens (including phenoxy) is 1. The van der Waals surface area contributed by atoms with E-state index in [4.69, 9.17) is 4.74 Å². The molecule has 0 unspecified atom stereocenters. The van der Waals surface area contributed by atoms with Crippen LogP contribution in [0.5, 0.6) is 5.75 Å². The van der Waals surface area contributed by atoms with Crippen molar-refractivity contribution in [2.45, 2.75) is 54.9 Å². The molecular weight excluding hydrogens is 519 g/mol. The van der Waals surface area contributed by atoms with E-state index in [1.807, 2.05) is 0 Å². The monoisotopic (exact) mass is 552 g/mol. The van der Waals surface area contributed by atoms with E-state index in [0.717, 1.165) is 44.4 Å². The van der Waals surface area contributed by atoms with Crippen LogP contribution in [0.25, 0.3) is 0 Å². The fourth-order valence-corrected chi connectivity index (χ4v) is 6.34. The zero-order chi connectivity index (χ0) is 26.8. The van der Waals surface area contributed by atoms with Gasteiger partial charge in [0.25, 0.3) is 5.91 Å². The highest BCUT2D eigenvalue weighted by Crippen LogP contribution is 2.30. The standard InChI is InChI=1S/C26H33FN2O6S2/c1-3-37(33,34)21-9-11-24(23(27)18-21)28-13-15-29(16-14-28)26(30)22-17-20(36(2,31)32)10-12-25(22)35-19-7-5-4-6-8-19/h9-12,17-19H,3-8,13-16H2,1-2H3. The molecule has 2 aromatic rings. The summed E-state index contributed by atoms with van der Waals surface area (Å²) in [6, 6.07) is 8.32. The number of sulfone groups is 2. The number of nitrogens with zero attached hydrogens (tertiary/aromatic N) is 2. The van der Waals surface area contributed by atoms with Gasteiger partial charge in [-0.05, 0) is 62.1 Å². The van der Waals surface area contributed by atoms with Crippen molar-refractivity contribution in [2.24, 2.45) is 0 Å². The molecule has 2 aliphatic rings. The second-order valence-electron chi connectivity index (χ2n) is 9.60. The lowest BCUT2D eigenvalue weighted by Crippen LogP contribution is -2.49. The number of halogens is 1.